The lowest BCUT2D eigenvalue weighted by atomic mass is 10.1. The summed E-state index contributed by atoms with van der Waals surface area (Å²) >= 11 is 12.3. The largest absolute Gasteiger partial charge is 0.495 e. The summed E-state index contributed by atoms with van der Waals surface area (Å²) in [6.45, 7) is 1.02. The highest BCUT2D eigenvalue weighted by atomic mass is 35.5. The monoisotopic (exact) mass is 470 g/mol. The molecular formula is C21H24Cl2N2O4S. The minimum Gasteiger partial charge on any atom is -0.495 e. The second-order valence-corrected chi connectivity index (χ2v) is 9.83. The minimum absolute atomic E-state index is 0.134. The Morgan fingerprint density at radius 3 is 2.40 bits per heavy atom. The fourth-order valence-corrected chi connectivity index (χ4v) is 5.55. The van der Waals surface area contributed by atoms with Crippen LogP contribution in [0.3, 0.4) is 0 Å². The first-order valence-electron chi connectivity index (χ1n) is 9.74. The number of halogens is 2. The summed E-state index contributed by atoms with van der Waals surface area (Å²) in [7, 11) is -2.15. The predicted molar refractivity (Wildman–Crippen MR) is 119 cm³/mol. The van der Waals surface area contributed by atoms with Gasteiger partial charge in [0.2, 0.25) is 15.9 Å². The van der Waals surface area contributed by atoms with Crippen LogP contribution in [-0.2, 0) is 21.2 Å². The summed E-state index contributed by atoms with van der Waals surface area (Å²) in [5.74, 6) is 0.0912. The third-order valence-electron chi connectivity index (χ3n) is 5.06. The molecular weight excluding hydrogens is 447 g/mol. The Bertz CT molecular complexity index is 1000. The van der Waals surface area contributed by atoms with Gasteiger partial charge < -0.3 is 10.1 Å². The maximum Gasteiger partial charge on any atom is 0.243 e. The summed E-state index contributed by atoms with van der Waals surface area (Å²) in [6, 6.07) is 9.69. The van der Waals surface area contributed by atoms with E-state index in [4.69, 9.17) is 27.9 Å². The number of carbonyl (C=O) groups excluding carboxylic acids is 1. The maximum atomic E-state index is 13.0. The molecule has 0 aromatic heterocycles. The molecule has 0 radical (unpaired) electrons. The van der Waals surface area contributed by atoms with Crippen LogP contribution in [0.5, 0.6) is 5.75 Å². The van der Waals surface area contributed by atoms with E-state index in [1.165, 1.54) is 23.5 Å². The second kappa shape index (κ2) is 10.0. The summed E-state index contributed by atoms with van der Waals surface area (Å²) < 4.78 is 32.7. The van der Waals surface area contributed by atoms with Crippen molar-refractivity contribution in [2.24, 2.45) is 0 Å². The highest BCUT2D eigenvalue weighted by molar-refractivity contribution is 7.89. The number of piperidine rings is 1. The van der Waals surface area contributed by atoms with E-state index in [0.717, 1.165) is 19.3 Å². The molecule has 2 aromatic rings. The van der Waals surface area contributed by atoms with Gasteiger partial charge in [-0.05, 0) is 55.2 Å². The number of amides is 1. The van der Waals surface area contributed by atoms with E-state index in [9.17, 15) is 13.2 Å². The van der Waals surface area contributed by atoms with Crippen molar-refractivity contribution in [2.45, 2.75) is 37.0 Å². The zero-order chi connectivity index (χ0) is 21.7. The van der Waals surface area contributed by atoms with E-state index in [1.54, 1.807) is 24.3 Å². The first-order valence-corrected chi connectivity index (χ1v) is 11.9. The first kappa shape index (κ1) is 22.9. The van der Waals surface area contributed by atoms with Gasteiger partial charge >= 0.3 is 0 Å². The highest BCUT2D eigenvalue weighted by Crippen LogP contribution is 2.31. The molecule has 0 saturated carbocycles. The molecule has 162 valence electrons. The molecule has 0 atom stereocenters. The van der Waals surface area contributed by atoms with E-state index in [0.29, 0.717) is 46.6 Å². The number of ether oxygens (including phenoxy) is 1. The van der Waals surface area contributed by atoms with Crippen LogP contribution in [0.25, 0.3) is 0 Å². The molecule has 0 unspecified atom stereocenters. The van der Waals surface area contributed by atoms with E-state index in [1.807, 2.05) is 0 Å². The number of anilines is 1. The Morgan fingerprint density at radius 2 is 1.77 bits per heavy atom. The molecule has 1 aliphatic heterocycles. The van der Waals surface area contributed by atoms with Gasteiger partial charge in [-0.3, -0.25) is 4.79 Å². The molecule has 1 aliphatic rings. The average molecular weight is 471 g/mol. The highest BCUT2D eigenvalue weighted by Gasteiger charge is 2.27. The van der Waals surface area contributed by atoms with Crippen molar-refractivity contribution < 1.29 is 17.9 Å². The van der Waals surface area contributed by atoms with Gasteiger partial charge in [-0.15, -0.1) is 0 Å². The lowest BCUT2D eigenvalue weighted by Crippen LogP contribution is -2.35. The number of rotatable bonds is 7. The molecule has 1 N–H and O–H groups in total. The van der Waals surface area contributed by atoms with E-state index in [-0.39, 0.29) is 17.2 Å². The van der Waals surface area contributed by atoms with Gasteiger partial charge in [0.15, 0.2) is 0 Å². The summed E-state index contributed by atoms with van der Waals surface area (Å²) in [5, 5.41) is 3.76. The number of carbonyl (C=O) groups is 1. The van der Waals surface area contributed by atoms with Crippen molar-refractivity contribution in [1.29, 1.82) is 0 Å². The number of nitrogens with one attached hydrogen (secondary N) is 1. The van der Waals surface area contributed by atoms with Crippen molar-refractivity contribution >= 4 is 44.8 Å². The third kappa shape index (κ3) is 5.27. The number of hydrogen-bond acceptors (Lipinski definition) is 4. The zero-order valence-corrected chi connectivity index (χ0v) is 19.0. The molecule has 30 heavy (non-hydrogen) atoms. The molecule has 6 nitrogen and oxygen atoms in total. The van der Waals surface area contributed by atoms with Crippen molar-refractivity contribution in [3.8, 4) is 5.75 Å². The maximum absolute atomic E-state index is 13.0. The van der Waals surface area contributed by atoms with E-state index >= 15 is 0 Å². The molecule has 9 heteroatoms. The van der Waals surface area contributed by atoms with Crippen LogP contribution in [0.4, 0.5) is 5.69 Å². The molecule has 0 bridgehead atoms. The van der Waals surface area contributed by atoms with Crippen LogP contribution < -0.4 is 10.1 Å². The molecule has 1 fully saturated rings. The van der Waals surface area contributed by atoms with E-state index < -0.39 is 10.0 Å². The van der Waals surface area contributed by atoms with Gasteiger partial charge in [0.25, 0.3) is 0 Å². The van der Waals surface area contributed by atoms with Gasteiger partial charge in [0, 0.05) is 29.6 Å². The Hall–Kier alpha value is -1.80. The first-order chi connectivity index (χ1) is 14.3. The lowest BCUT2D eigenvalue weighted by Gasteiger charge is -2.26. The quantitative estimate of drug-likeness (QED) is 0.633. The number of sulfonamides is 1. The van der Waals surface area contributed by atoms with E-state index in [2.05, 4.69) is 5.32 Å². The topological polar surface area (TPSA) is 75.7 Å². The zero-order valence-electron chi connectivity index (χ0n) is 16.7. The fraction of sp³-hybridized carbons (Fsp3) is 0.381. The minimum atomic E-state index is -3.62. The van der Waals surface area contributed by atoms with Gasteiger partial charge in [-0.1, -0.05) is 35.7 Å². The molecule has 0 aliphatic carbocycles. The van der Waals surface area contributed by atoms with Crippen molar-refractivity contribution in [3.63, 3.8) is 0 Å². The third-order valence-corrected chi connectivity index (χ3v) is 7.66. The van der Waals surface area contributed by atoms with Crippen LogP contribution in [0, 0.1) is 0 Å². The van der Waals surface area contributed by atoms with Crippen LogP contribution >= 0.6 is 23.2 Å². The molecule has 1 heterocycles. The van der Waals surface area contributed by atoms with Gasteiger partial charge in [-0.2, -0.15) is 4.31 Å². The van der Waals surface area contributed by atoms with Gasteiger partial charge in [0.1, 0.15) is 5.75 Å². The number of benzene rings is 2. The Labute approximate surface area is 187 Å². The normalized spacial score (nSPS) is 15.0. The predicted octanol–water partition coefficient (Wildman–Crippen LogP) is 4.75. The smallest absolute Gasteiger partial charge is 0.243 e. The summed E-state index contributed by atoms with van der Waals surface area (Å²) in [4.78, 5) is 12.7. The lowest BCUT2D eigenvalue weighted by molar-refractivity contribution is -0.116. The number of nitrogens with zero attached hydrogens (tertiary/aromatic N) is 1. The van der Waals surface area contributed by atoms with Gasteiger partial charge in [0.05, 0.1) is 17.7 Å². The van der Waals surface area contributed by atoms with Crippen LogP contribution in [0.2, 0.25) is 10.0 Å². The summed E-state index contributed by atoms with van der Waals surface area (Å²) in [5.41, 5.74) is 1.01. The molecule has 1 amide bonds. The van der Waals surface area contributed by atoms with Crippen molar-refractivity contribution in [1.82, 2.24) is 4.31 Å². The second-order valence-electron chi connectivity index (χ2n) is 7.08. The SMILES string of the molecule is COc1ccc(S(=O)(=O)N2CCCCC2)cc1NC(=O)CCc1c(Cl)cccc1Cl. The van der Waals surface area contributed by atoms with Crippen LogP contribution in [0.15, 0.2) is 41.3 Å². The van der Waals surface area contributed by atoms with Crippen molar-refractivity contribution in [2.75, 3.05) is 25.5 Å². The molecule has 1 saturated heterocycles. The van der Waals surface area contributed by atoms with Crippen LogP contribution in [0.1, 0.15) is 31.2 Å². The average Bonchev–Trinajstić information content (AvgIpc) is 2.74. The fourth-order valence-electron chi connectivity index (χ4n) is 3.42. The Balaban J connectivity index is 1.76. The van der Waals surface area contributed by atoms with Crippen LogP contribution in [-0.4, -0.2) is 38.8 Å². The number of methoxy groups -OCH3 is 1. The standard InChI is InChI=1S/C21H24Cl2N2O4S/c1-29-20-10-8-15(30(27,28)25-12-3-2-4-13-25)14-19(20)24-21(26)11-9-16-17(22)6-5-7-18(16)23/h5-8,10,14H,2-4,9,11-13H2,1H3,(H,24,26). The van der Waals surface area contributed by atoms with Gasteiger partial charge in [-0.25, -0.2) is 8.42 Å². The molecule has 0 spiro atoms. The molecule has 3 rings (SSSR count). The molecule has 2 aromatic carbocycles. The number of hydrogen-bond donors (Lipinski definition) is 1. The Kier molecular flexibility index (Phi) is 7.63. The van der Waals surface area contributed by atoms with Crippen molar-refractivity contribution in [3.05, 3.63) is 52.0 Å². The Morgan fingerprint density at radius 1 is 1.10 bits per heavy atom. The summed E-state index contributed by atoms with van der Waals surface area (Å²) in [6.07, 6.45) is 3.23.